The van der Waals surface area contributed by atoms with Crippen LogP contribution in [0.5, 0.6) is 0 Å². The third kappa shape index (κ3) is 2.70. The van der Waals surface area contributed by atoms with Gasteiger partial charge in [0.05, 0.1) is 21.3 Å². The van der Waals surface area contributed by atoms with Crippen LogP contribution in [0.2, 0.25) is 0 Å². The molecule has 0 radical (unpaired) electrons. The lowest BCUT2D eigenvalue weighted by Crippen LogP contribution is -2.15. The number of anilines is 1. The van der Waals surface area contributed by atoms with E-state index in [4.69, 9.17) is 0 Å². The van der Waals surface area contributed by atoms with Crippen molar-refractivity contribution in [1.29, 1.82) is 0 Å². The molecular weight excluding hydrogens is 326 g/mol. The van der Waals surface area contributed by atoms with Crippen molar-refractivity contribution in [3.8, 4) is 0 Å². The first kappa shape index (κ1) is 14.6. The summed E-state index contributed by atoms with van der Waals surface area (Å²) in [7, 11) is -1.67. The Balaban J connectivity index is 1.93. The van der Waals surface area contributed by atoms with Crippen LogP contribution < -0.4 is 5.32 Å². The van der Waals surface area contributed by atoms with Gasteiger partial charge in [0.25, 0.3) is 5.91 Å². The normalized spacial score (nSPS) is 11.7. The van der Waals surface area contributed by atoms with Crippen molar-refractivity contribution in [3.05, 3.63) is 30.1 Å². The molecule has 0 unspecified atom stereocenters. The van der Waals surface area contributed by atoms with Crippen molar-refractivity contribution < 1.29 is 13.2 Å². The number of rotatable bonds is 3. The zero-order valence-electron chi connectivity index (χ0n) is 11.6. The summed E-state index contributed by atoms with van der Waals surface area (Å²) in [5.74, 6) is -0.380. The first-order valence-corrected chi connectivity index (χ1v) is 8.82. The number of nitrogens with one attached hydrogen (secondary N) is 1. The van der Waals surface area contributed by atoms with Gasteiger partial charge >= 0.3 is 0 Å². The third-order valence-electron chi connectivity index (χ3n) is 2.96. The van der Waals surface area contributed by atoms with Gasteiger partial charge in [-0.25, -0.2) is 18.1 Å². The highest BCUT2D eigenvalue weighted by Crippen LogP contribution is 2.28. The zero-order chi connectivity index (χ0) is 15.9. The van der Waals surface area contributed by atoms with Gasteiger partial charge in [-0.15, -0.1) is 5.10 Å². The fourth-order valence-corrected chi connectivity index (χ4v) is 3.47. The number of carbonyl (C=O) groups excluding carboxylic acids is 1. The van der Waals surface area contributed by atoms with Crippen LogP contribution in [0.15, 0.2) is 29.3 Å². The highest BCUT2D eigenvalue weighted by atomic mass is 32.2. The Hall–Kier alpha value is -2.33. The minimum Gasteiger partial charge on any atom is -0.296 e. The van der Waals surface area contributed by atoms with Gasteiger partial charge in [0.1, 0.15) is 5.69 Å². The molecule has 0 aliphatic rings. The van der Waals surface area contributed by atoms with Gasteiger partial charge in [-0.2, -0.15) is 0 Å². The molecule has 0 spiro atoms. The van der Waals surface area contributed by atoms with Crippen LogP contribution in [-0.4, -0.2) is 40.6 Å². The third-order valence-corrected chi connectivity index (χ3v) is 5.00. The number of hydrogen-bond acceptors (Lipinski definition) is 7. The number of aromatic nitrogens is 4. The van der Waals surface area contributed by atoms with Gasteiger partial charge in [0.15, 0.2) is 15.0 Å². The minimum atomic E-state index is -3.28. The molecule has 114 valence electrons. The van der Waals surface area contributed by atoms with Crippen LogP contribution >= 0.6 is 11.3 Å². The van der Waals surface area contributed by atoms with Gasteiger partial charge in [-0.3, -0.25) is 10.1 Å². The van der Waals surface area contributed by atoms with Crippen LogP contribution in [0.1, 0.15) is 10.5 Å². The zero-order valence-corrected chi connectivity index (χ0v) is 13.3. The molecule has 1 aromatic carbocycles. The van der Waals surface area contributed by atoms with Crippen molar-refractivity contribution in [2.75, 3.05) is 11.6 Å². The fourth-order valence-electron chi connectivity index (χ4n) is 1.85. The summed E-state index contributed by atoms with van der Waals surface area (Å²) < 4.78 is 25.1. The lowest BCUT2D eigenvalue weighted by molar-refractivity contribution is 0.101. The average Bonchev–Trinajstić information content (AvgIpc) is 3.01. The molecule has 22 heavy (non-hydrogen) atoms. The highest BCUT2D eigenvalue weighted by Gasteiger charge is 2.15. The maximum atomic E-state index is 12.1. The van der Waals surface area contributed by atoms with E-state index in [1.807, 2.05) is 0 Å². The van der Waals surface area contributed by atoms with E-state index in [1.165, 1.54) is 28.3 Å². The molecule has 2 heterocycles. The quantitative estimate of drug-likeness (QED) is 0.766. The summed E-state index contributed by atoms with van der Waals surface area (Å²) in [5, 5.41) is 10.3. The van der Waals surface area contributed by atoms with Crippen LogP contribution in [0.25, 0.3) is 10.2 Å². The molecule has 0 saturated carbocycles. The summed E-state index contributed by atoms with van der Waals surface area (Å²) in [6, 6.07) is 4.65. The number of aryl methyl sites for hydroxylation is 1. The molecule has 3 rings (SSSR count). The molecule has 2 aromatic heterocycles. The van der Waals surface area contributed by atoms with E-state index in [-0.39, 0.29) is 10.8 Å². The first-order chi connectivity index (χ1) is 10.3. The van der Waals surface area contributed by atoms with E-state index in [1.54, 1.807) is 19.2 Å². The van der Waals surface area contributed by atoms with Gasteiger partial charge in [-0.1, -0.05) is 16.6 Å². The average molecular weight is 337 g/mol. The number of benzene rings is 1. The Morgan fingerprint density at radius 3 is 2.77 bits per heavy atom. The van der Waals surface area contributed by atoms with E-state index in [0.29, 0.717) is 21.0 Å². The highest BCUT2D eigenvalue weighted by molar-refractivity contribution is 7.90. The van der Waals surface area contributed by atoms with Crippen molar-refractivity contribution in [2.24, 2.45) is 7.05 Å². The molecule has 1 N–H and O–H groups in total. The van der Waals surface area contributed by atoms with Gasteiger partial charge in [-0.05, 0) is 18.2 Å². The summed E-state index contributed by atoms with van der Waals surface area (Å²) in [6.45, 7) is 0. The number of fused-ring (bicyclic) bond motifs is 1. The number of thiazole rings is 1. The van der Waals surface area contributed by atoms with Gasteiger partial charge in [0, 0.05) is 13.3 Å². The molecule has 8 nitrogen and oxygen atoms in total. The first-order valence-electron chi connectivity index (χ1n) is 6.11. The van der Waals surface area contributed by atoms with E-state index in [0.717, 1.165) is 6.26 Å². The predicted octanol–water partition coefficient (Wildman–Crippen LogP) is 1.08. The number of nitrogens with zero attached hydrogens (tertiary/aromatic N) is 4. The lowest BCUT2D eigenvalue weighted by Gasteiger charge is -1.99. The second-order valence-electron chi connectivity index (χ2n) is 4.62. The summed E-state index contributed by atoms with van der Waals surface area (Å²) >= 11 is 1.20. The molecule has 0 atom stereocenters. The Kier molecular flexibility index (Phi) is 3.41. The Morgan fingerprint density at radius 2 is 2.14 bits per heavy atom. The maximum absolute atomic E-state index is 12.1. The minimum absolute atomic E-state index is 0.220. The van der Waals surface area contributed by atoms with Crippen LogP contribution in [-0.2, 0) is 16.9 Å². The molecule has 10 heteroatoms. The van der Waals surface area contributed by atoms with Gasteiger partial charge in [0.2, 0.25) is 0 Å². The molecule has 0 saturated heterocycles. The number of carbonyl (C=O) groups is 1. The summed E-state index contributed by atoms with van der Waals surface area (Å²) in [6.07, 6.45) is 2.50. The Bertz CT molecular complexity index is 974. The van der Waals surface area contributed by atoms with Crippen molar-refractivity contribution in [3.63, 3.8) is 0 Å². The predicted molar refractivity (Wildman–Crippen MR) is 81.7 cm³/mol. The van der Waals surface area contributed by atoms with Crippen LogP contribution in [0.3, 0.4) is 0 Å². The van der Waals surface area contributed by atoms with E-state index >= 15 is 0 Å². The number of sulfone groups is 1. The standard InChI is InChI=1S/C12H11N5O3S2/c1-17-9(6-13-16-17)11(18)15-12-14-8-4-3-7(22(2,19)20)5-10(8)21-12/h3-6H,1-2H3,(H,14,15,18). The van der Waals surface area contributed by atoms with Crippen molar-refractivity contribution >= 4 is 42.4 Å². The van der Waals surface area contributed by atoms with E-state index in [2.05, 4.69) is 20.6 Å². The SMILES string of the molecule is Cn1nncc1C(=O)Nc1nc2ccc(S(C)(=O)=O)cc2s1. The topological polar surface area (TPSA) is 107 Å². The Labute approximate surface area is 129 Å². The molecule has 0 fully saturated rings. The van der Waals surface area contributed by atoms with E-state index < -0.39 is 9.84 Å². The summed E-state index contributed by atoms with van der Waals surface area (Å²) in [5.41, 5.74) is 0.923. The molecule has 1 amide bonds. The second-order valence-corrected chi connectivity index (χ2v) is 7.66. The van der Waals surface area contributed by atoms with Crippen molar-refractivity contribution in [2.45, 2.75) is 4.90 Å². The van der Waals surface area contributed by atoms with Crippen LogP contribution in [0, 0.1) is 0 Å². The largest absolute Gasteiger partial charge is 0.296 e. The fraction of sp³-hybridized carbons (Fsp3) is 0.167. The number of hydrogen-bond donors (Lipinski definition) is 1. The monoisotopic (exact) mass is 337 g/mol. The summed E-state index contributed by atoms with van der Waals surface area (Å²) in [4.78, 5) is 16.5. The van der Waals surface area contributed by atoms with E-state index in [9.17, 15) is 13.2 Å². The lowest BCUT2D eigenvalue weighted by atomic mass is 10.3. The second kappa shape index (κ2) is 5.14. The smallest absolute Gasteiger partial charge is 0.277 e. The van der Waals surface area contributed by atoms with Crippen molar-refractivity contribution in [1.82, 2.24) is 20.0 Å². The maximum Gasteiger partial charge on any atom is 0.277 e. The molecular formula is C12H11N5O3S2. The molecule has 0 aliphatic carbocycles. The van der Waals surface area contributed by atoms with Gasteiger partial charge < -0.3 is 0 Å². The number of amides is 1. The van der Waals surface area contributed by atoms with Crippen LogP contribution in [0.4, 0.5) is 5.13 Å². The Morgan fingerprint density at radius 1 is 1.36 bits per heavy atom. The molecule has 3 aromatic rings. The molecule has 0 bridgehead atoms. The molecule has 0 aliphatic heterocycles.